The molecule has 0 radical (unpaired) electrons. The summed E-state index contributed by atoms with van der Waals surface area (Å²) in [5.74, 6) is 0.712. The monoisotopic (exact) mass is 332 g/mol. The third kappa shape index (κ3) is 3.48. The molecule has 0 atom stereocenters. The van der Waals surface area contributed by atoms with Gasteiger partial charge in [0.1, 0.15) is 5.75 Å². The van der Waals surface area contributed by atoms with E-state index >= 15 is 0 Å². The highest BCUT2D eigenvalue weighted by molar-refractivity contribution is 9.10. The fourth-order valence-electron chi connectivity index (χ4n) is 1.95. The Hall–Kier alpha value is -1.61. The standard InChI is InChI=1S/C17H17BrO2/c1-11(2)20-14-6-4-5-13(10-14)17(19)15-9-12(3)7-8-16(15)18/h4-11H,1-3H3. The molecular weight excluding hydrogens is 316 g/mol. The summed E-state index contributed by atoms with van der Waals surface area (Å²) >= 11 is 3.44. The topological polar surface area (TPSA) is 26.3 Å². The van der Waals surface area contributed by atoms with Crippen LogP contribution in [0.4, 0.5) is 0 Å². The molecule has 0 saturated heterocycles. The SMILES string of the molecule is Cc1ccc(Br)c(C(=O)c2cccc(OC(C)C)c2)c1. The molecule has 3 heteroatoms. The minimum absolute atomic E-state index is 0.00483. The summed E-state index contributed by atoms with van der Waals surface area (Å²) in [6, 6.07) is 13.1. The molecule has 0 heterocycles. The molecule has 0 aliphatic carbocycles. The zero-order chi connectivity index (χ0) is 14.7. The van der Waals surface area contributed by atoms with E-state index in [0.29, 0.717) is 11.1 Å². The second-order valence-electron chi connectivity index (χ2n) is 5.01. The second-order valence-corrected chi connectivity index (χ2v) is 5.86. The van der Waals surface area contributed by atoms with E-state index in [1.54, 1.807) is 6.07 Å². The van der Waals surface area contributed by atoms with Gasteiger partial charge in [-0.2, -0.15) is 0 Å². The van der Waals surface area contributed by atoms with Crippen LogP contribution < -0.4 is 4.74 Å². The summed E-state index contributed by atoms with van der Waals surface area (Å²) in [7, 11) is 0. The van der Waals surface area contributed by atoms with Crippen LogP contribution in [0.3, 0.4) is 0 Å². The average molecular weight is 333 g/mol. The van der Waals surface area contributed by atoms with E-state index in [1.165, 1.54) is 0 Å². The van der Waals surface area contributed by atoms with Crippen molar-refractivity contribution in [2.75, 3.05) is 0 Å². The van der Waals surface area contributed by atoms with Crippen LogP contribution >= 0.6 is 15.9 Å². The molecule has 0 N–H and O–H groups in total. The predicted octanol–water partition coefficient (Wildman–Crippen LogP) is 4.78. The van der Waals surface area contributed by atoms with E-state index < -0.39 is 0 Å². The van der Waals surface area contributed by atoms with Crippen molar-refractivity contribution in [2.45, 2.75) is 26.9 Å². The normalized spacial score (nSPS) is 10.7. The summed E-state index contributed by atoms with van der Waals surface area (Å²) < 4.78 is 6.44. The molecule has 20 heavy (non-hydrogen) atoms. The Bertz CT molecular complexity index is 633. The van der Waals surface area contributed by atoms with Gasteiger partial charge < -0.3 is 4.74 Å². The summed E-state index contributed by atoms with van der Waals surface area (Å²) in [4.78, 5) is 12.6. The highest BCUT2D eigenvalue weighted by Gasteiger charge is 2.13. The van der Waals surface area contributed by atoms with Crippen LogP contribution in [0.5, 0.6) is 5.75 Å². The summed E-state index contributed by atoms with van der Waals surface area (Å²) in [5, 5.41) is 0. The lowest BCUT2D eigenvalue weighted by Crippen LogP contribution is -2.07. The fraction of sp³-hybridized carbons (Fsp3) is 0.235. The van der Waals surface area contributed by atoms with Crippen molar-refractivity contribution in [3.05, 3.63) is 63.6 Å². The molecule has 0 amide bonds. The maximum atomic E-state index is 12.6. The highest BCUT2D eigenvalue weighted by Crippen LogP contribution is 2.23. The zero-order valence-corrected chi connectivity index (χ0v) is 13.4. The molecule has 0 saturated carbocycles. The van der Waals surface area contributed by atoms with Crippen molar-refractivity contribution in [1.29, 1.82) is 0 Å². The van der Waals surface area contributed by atoms with E-state index in [-0.39, 0.29) is 11.9 Å². The van der Waals surface area contributed by atoms with Crippen LogP contribution in [0.15, 0.2) is 46.9 Å². The van der Waals surface area contributed by atoms with Gasteiger partial charge in [0, 0.05) is 15.6 Å². The number of hydrogen-bond donors (Lipinski definition) is 0. The Morgan fingerprint density at radius 3 is 2.60 bits per heavy atom. The van der Waals surface area contributed by atoms with Gasteiger partial charge in [0.25, 0.3) is 0 Å². The van der Waals surface area contributed by atoms with Crippen LogP contribution in [0, 0.1) is 6.92 Å². The number of ether oxygens (including phenoxy) is 1. The third-order valence-electron chi connectivity index (χ3n) is 2.83. The molecule has 0 unspecified atom stereocenters. The lowest BCUT2D eigenvalue weighted by molar-refractivity contribution is 0.103. The minimum atomic E-state index is -0.00483. The molecule has 0 aromatic heterocycles. The van der Waals surface area contributed by atoms with Crippen LogP contribution in [-0.2, 0) is 0 Å². The van der Waals surface area contributed by atoms with Crippen molar-refractivity contribution in [3.8, 4) is 5.75 Å². The Morgan fingerprint density at radius 1 is 1.15 bits per heavy atom. The van der Waals surface area contributed by atoms with E-state index in [1.807, 2.05) is 57.2 Å². The minimum Gasteiger partial charge on any atom is -0.491 e. The molecule has 2 aromatic carbocycles. The largest absolute Gasteiger partial charge is 0.491 e. The van der Waals surface area contributed by atoms with Crippen LogP contribution in [0.2, 0.25) is 0 Å². The quantitative estimate of drug-likeness (QED) is 0.753. The molecule has 104 valence electrons. The van der Waals surface area contributed by atoms with Gasteiger partial charge in [-0.05, 0) is 45.0 Å². The molecule has 2 aromatic rings. The predicted molar refractivity (Wildman–Crippen MR) is 84.5 cm³/mol. The van der Waals surface area contributed by atoms with Gasteiger partial charge in [0.15, 0.2) is 5.78 Å². The molecule has 0 aliphatic heterocycles. The summed E-state index contributed by atoms with van der Waals surface area (Å²) in [6.07, 6.45) is 0.0889. The lowest BCUT2D eigenvalue weighted by Gasteiger charge is -2.11. The first-order chi connectivity index (χ1) is 9.47. The maximum Gasteiger partial charge on any atom is 0.194 e. The van der Waals surface area contributed by atoms with Gasteiger partial charge in [-0.25, -0.2) is 0 Å². The van der Waals surface area contributed by atoms with Crippen molar-refractivity contribution in [2.24, 2.45) is 0 Å². The molecule has 2 nitrogen and oxygen atoms in total. The van der Waals surface area contributed by atoms with Gasteiger partial charge in [-0.3, -0.25) is 4.79 Å². The smallest absolute Gasteiger partial charge is 0.194 e. The Labute approximate surface area is 127 Å². The fourth-order valence-corrected chi connectivity index (χ4v) is 2.38. The number of carbonyl (C=O) groups is 1. The Balaban J connectivity index is 2.35. The lowest BCUT2D eigenvalue weighted by atomic mass is 10.0. The first-order valence-corrected chi connectivity index (χ1v) is 7.34. The number of ketones is 1. The molecule has 0 bridgehead atoms. The Kier molecular flexibility index (Phi) is 4.61. The van der Waals surface area contributed by atoms with Crippen molar-refractivity contribution in [1.82, 2.24) is 0 Å². The number of aryl methyl sites for hydroxylation is 1. The van der Waals surface area contributed by atoms with Crippen molar-refractivity contribution in [3.63, 3.8) is 0 Å². The first-order valence-electron chi connectivity index (χ1n) is 6.55. The number of rotatable bonds is 4. The van der Waals surface area contributed by atoms with Crippen molar-refractivity contribution < 1.29 is 9.53 Å². The number of hydrogen-bond acceptors (Lipinski definition) is 2. The summed E-state index contributed by atoms with van der Waals surface area (Å²) in [5.41, 5.74) is 2.37. The highest BCUT2D eigenvalue weighted by atomic mass is 79.9. The molecule has 2 rings (SSSR count). The molecular formula is C17H17BrO2. The van der Waals surface area contributed by atoms with Gasteiger partial charge in [0.05, 0.1) is 6.10 Å². The number of carbonyl (C=O) groups excluding carboxylic acids is 1. The van der Waals surface area contributed by atoms with Crippen LogP contribution in [0.25, 0.3) is 0 Å². The van der Waals surface area contributed by atoms with E-state index in [2.05, 4.69) is 15.9 Å². The van der Waals surface area contributed by atoms with E-state index in [0.717, 1.165) is 15.8 Å². The first kappa shape index (κ1) is 14.8. The van der Waals surface area contributed by atoms with Crippen molar-refractivity contribution >= 4 is 21.7 Å². The maximum absolute atomic E-state index is 12.6. The Morgan fingerprint density at radius 2 is 1.90 bits per heavy atom. The van der Waals surface area contributed by atoms with Gasteiger partial charge in [0.2, 0.25) is 0 Å². The molecule has 0 fully saturated rings. The van der Waals surface area contributed by atoms with Gasteiger partial charge in [-0.1, -0.05) is 39.7 Å². The molecule has 0 aliphatic rings. The van der Waals surface area contributed by atoms with Gasteiger partial charge in [-0.15, -0.1) is 0 Å². The number of halogens is 1. The molecule has 0 spiro atoms. The van der Waals surface area contributed by atoms with Crippen LogP contribution in [0.1, 0.15) is 35.3 Å². The average Bonchev–Trinajstić information content (AvgIpc) is 2.40. The second kappa shape index (κ2) is 6.23. The zero-order valence-electron chi connectivity index (χ0n) is 11.8. The third-order valence-corrected chi connectivity index (χ3v) is 3.53. The van der Waals surface area contributed by atoms with Gasteiger partial charge >= 0.3 is 0 Å². The summed E-state index contributed by atoms with van der Waals surface area (Å²) in [6.45, 7) is 5.90. The van der Waals surface area contributed by atoms with E-state index in [4.69, 9.17) is 4.74 Å². The number of benzene rings is 2. The van der Waals surface area contributed by atoms with E-state index in [9.17, 15) is 4.79 Å². The van der Waals surface area contributed by atoms with Crippen LogP contribution in [-0.4, -0.2) is 11.9 Å².